The number of fused-ring (bicyclic) bond motifs is 1. The van der Waals surface area contributed by atoms with Crippen molar-refractivity contribution in [3.63, 3.8) is 0 Å². The second-order valence-electron chi connectivity index (χ2n) is 5.74. The van der Waals surface area contributed by atoms with E-state index in [0.29, 0.717) is 27.8 Å². The second kappa shape index (κ2) is 5.16. The maximum atomic E-state index is 13.3. The number of aromatic nitrogens is 4. The van der Waals surface area contributed by atoms with Gasteiger partial charge in [0.1, 0.15) is 5.82 Å². The van der Waals surface area contributed by atoms with Crippen LogP contribution in [0.15, 0.2) is 18.3 Å². The lowest BCUT2D eigenvalue weighted by atomic mass is 10.1. The number of hydrogen-bond donors (Lipinski definition) is 1. The summed E-state index contributed by atoms with van der Waals surface area (Å²) in [6, 6.07) is 2.12. The highest BCUT2D eigenvalue weighted by molar-refractivity contribution is 6.50. The molecule has 7 heteroatoms. The molecule has 0 saturated heterocycles. The molecule has 4 nitrogen and oxygen atoms in total. The van der Waals surface area contributed by atoms with Crippen LogP contribution in [0.25, 0.3) is 22.1 Å². The Morgan fingerprint density at radius 3 is 2.83 bits per heavy atom. The molecule has 0 unspecified atom stereocenters. The number of aromatic amines is 1. The molecular weight excluding hydrogens is 322 g/mol. The van der Waals surface area contributed by atoms with Crippen LogP contribution in [0.5, 0.6) is 0 Å². The monoisotopic (exact) mass is 334 g/mol. The average molecular weight is 335 g/mol. The van der Waals surface area contributed by atoms with Crippen LogP contribution in [0.2, 0.25) is 0 Å². The van der Waals surface area contributed by atoms with Crippen LogP contribution in [0.3, 0.4) is 0 Å². The molecule has 0 radical (unpaired) electrons. The van der Waals surface area contributed by atoms with Crippen molar-refractivity contribution in [1.29, 1.82) is 0 Å². The minimum atomic E-state index is -0.932. The van der Waals surface area contributed by atoms with E-state index in [2.05, 4.69) is 15.1 Å². The molecule has 1 aliphatic carbocycles. The zero-order valence-electron chi connectivity index (χ0n) is 12.3. The highest BCUT2D eigenvalue weighted by Crippen LogP contribution is 2.42. The molecule has 0 aliphatic heterocycles. The van der Waals surface area contributed by atoms with Crippen molar-refractivity contribution in [3.8, 4) is 0 Å². The van der Waals surface area contributed by atoms with Gasteiger partial charge in [0.05, 0.1) is 28.0 Å². The fourth-order valence-electron chi connectivity index (χ4n) is 2.66. The summed E-state index contributed by atoms with van der Waals surface area (Å²) in [5, 5.41) is 4.64. The van der Waals surface area contributed by atoms with E-state index in [-0.39, 0.29) is 0 Å². The van der Waals surface area contributed by atoms with Crippen molar-refractivity contribution in [2.24, 2.45) is 7.05 Å². The first-order valence-corrected chi connectivity index (χ1v) is 7.65. The molecule has 2 heterocycles. The van der Waals surface area contributed by atoms with Crippen LogP contribution in [-0.4, -0.2) is 19.7 Å². The van der Waals surface area contributed by atoms with Crippen molar-refractivity contribution in [2.45, 2.75) is 18.8 Å². The lowest BCUT2D eigenvalue weighted by Crippen LogP contribution is -1.95. The number of hydrogen-bond acceptors (Lipinski definition) is 2. The first-order valence-electron chi connectivity index (χ1n) is 7.27. The Bertz CT molecular complexity index is 898. The zero-order chi connectivity index (χ0) is 16.1. The standard InChI is InChI=1S/C16H13ClF2N4/c1-23-15(9(7-20-23)8-2-3-8)4-10(17)16-21-13-5-11(18)12(19)6-14(13)22-16/h4-8H,2-3H2,1H3,(H,21,22). The molecule has 0 spiro atoms. The van der Waals surface area contributed by atoms with Crippen molar-refractivity contribution in [2.75, 3.05) is 0 Å². The van der Waals surface area contributed by atoms with Gasteiger partial charge < -0.3 is 4.98 Å². The third-order valence-electron chi connectivity index (χ3n) is 4.05. The maximum absolute atomic E-state index is 13.3. The zero-order valence-corrected chi connectivity index (χ0v) is 13.0. The fraction of sp³-hybridized carbons (Fsp3) is 0.250. The number of imidazole rings is 1. The molecule has 1 N–H and O–H groups in total. The van der Waals surface area contributed by atoms with Gasteiger partial charge in [0.15, 0.2) is 11.6 Å². The first-order chi connectivity index (χ1) is 11.0. The van der Waals surface area contributed by atoms with E-state index in [4.69, 9.17) is 11.6 Å². The lowest BCUT2D eigenvalue weighted by molar-refractivity contribution is 0.510. The van der Waals surface area contributed by atoms with Crippen molar-refractivity contribution in [1.82, 2.24) is 19.7 Å². The van der Waals surface area contributed by atoms with Gasteiger partial charge in [-0.3, -0.25) is 4.68 Å². The van der Waals surface area contributed by atoms with E-state index in [9.17, 15) is 8.78 Å². The van der Waals surface area contributed by atoms with Gasteiger partial charge in [-0.2, -0.15) is 5.10 Å². The Hall–Kier alpha value is -2.21. The van der Waals surface area contributed by atoms with Crippen molar-refractivity contribution in [3.05, 3.63) is 47.0 Å². The molecule has 1 aliphatic rings. The van der Waals surface area contributed by atoms with Crippen LogP contribution in [-0.2, 0) is 7.05 Å². The summed E-state index contributed by atoms with van der Waals surface area (Å²) in [6.07, 6.45) is 5.96. The molecule has 0 atom stereocenters. The van der Waals surface area contributed by atoms with Gasteiger partial charge in [0, 0.05) is 24.7 Å². The van der Waals surface area contributed by atoms with Gasteiger partial charge in [-0.25, -0.2) is 13.8 Å². The summed E-state index contributed by atoms with van der Waals surface area (Å²) in [5.41, 5.74) is 2.82. The normalized spacial score (nSPS) is 15.6. The Morgan fingerprint density at radius 2 is 2.09 bits per heavy atom. The summed E-state index contributed by atoms with van der Waals surface area (Å²) in [6.45, 7) is 0. The van der Waals surface area contributed by atoms with Gasteiger partial charge in [-0.05, 0) is 24.8 Å². The number of nitrogens with one attached hydrogen (secondary N) is 1. The molecule has 1 saturated carbocycles. The highest BCUT2D eigenvalue weighted by atomic mass is 35.5. The molecule has 1 fully saturated rings. The third-order valence-corrected chi connectivity index (χ3v) is 4.33. The first kappa shape index (κ1) is 14.4. The Morgan fingerprint density at radius 1 is 1.35 bits per heavy atom. The van der Waals surface area contributed by atoms with Gasteiger partial charge in [-0.15, -0.1) is 0 Å². The number of halogens is 3. The Kier molecular flexibility index (Phi) is 3.23. The second-order valence-corrected chi connectivity index (χ2v) is 6.15. The van der Waals surface area contributed by atoms with Crippen molar-refractivity contribution >= 4 is 33.7 Å². The number of H-pyrrole nitrogens is 1. The Balaban J connectivity index is 1.76. The summed E-state index contributed by atoms with van der Waals surface area (Å²) in [5.74, 6) is -0.943. The summed E-state index contributed by atoms with van der Waals surface area (Å²) < 4.78 is 28.3. The number of nitrogens with zero attached hydrogens (tertiary/aromatic N) is 3. The predicted octanol–water partition coefficient (Wildman–Crippen LogP) is 4.19. The third kappa shape index (κ3) is 2.53. The quantitative estimate of drug-likeness (QED) is 0.780. The average Bonchev–Trinajstić information content (AvgIpc) is 3.18. The van der Waals surface area contributed by atoms with E-state index < -0.39 is 11.6 Å². The van der Waals surface area contributed by atoms with E-state index in [1.54, 1.807) is 10.8 Å². The SMILES string of the molecule is Cn1ncc(C2CC2)c1C=C(Cl)c1nc2cc(F)c(F)cc2[nH]1. The topological polar surface area (TPSA) is 46.5 Å². The smallest absolute Gasteiger partial charge is 0.161 e. The molecular formula is C16H13ClF2N4. The predicted molar refractivity (Wildman–Crippen MR) is 84.9 cm³/mol. The number of aryl methyl sites for hydroxylation is 1. The molecule has 4 rings (SSSR count). The molecule has 118 valence electrons. The molecule has 1 aromatic carbocycles. The molecule has 3 aromatic rings. The van der Waals surface area contributed by atoms with E-state index in [1.165, 1.54) is 5.56 Å². The van der Waals surface area contributed by atoms with Gasteiger partial charge in [0.25, 0.3) is 0 Å². The van der Waals surface area contributed by atoms with E-state index >= 15 is 0 Å². The minimum Gasteiger partial charge on any atom is -0.337 e. The number of rotatable bonds is 3. The van der Waals surface area contributed by atoms with Gasteiger partial charge in [-0.1, -0.05) is 11.6 Å². The van der Waals surface area contributed by atoms with Crippen LogP contribution in [0.1, 0.15) is 35.8 Å². The van der Waals surface area contributed by atoms with E-state index in [0.717, 1.165) is 30.7 Å². The summed E-state index contributed by atoms with van der Waals surface area (Å²) >= 11 is 6.36. The van der Waals surface area contributed by atoms with Gasteiger partial charge in [0.2, 0.25) is 0 Å². The highest BCUT2D eigenvalue weighted by Gasteiger charge is 2.27. The van der Waals surface area contributed by atoms with Crippen LogP contribution < -0.4 is 0 Å². The van der Waals surface area contributed by atoms with Crippen LogP contribution in [0.4, 0.5) is 8.78 Å². The summed E-state index contributed by atoms with van der Waals surface area (Å²) in [7, 11) is 1.85. The largest absolute Gasteiger partial charge is 0.337 e. The van der Waals surface area contributed by atoms with Crippen LogP contribution >= 0.6 is 11.6 Å². The molecule has 2 aromatic heterocycles. The maximum Gasteiger partial charge on any atom is 0.161 e. The Labute approximate surface area is 135 Å². The molecule has 23 heavy (non-hydrogen) atoms. The molecule has 0 bridgehead atoms. The van der Waals surface area contributed by atoms with Gasteiger partial charge >= 0.3 is 0 Å². The number of benzene rings is 1. The summed E-state index contributed by atoms with van der Waals surface area (Å²) in [4.78, 5) is 7.13. The van der Waals surface area contributed by atoms with Crippen LogP contribution in [0, 0.1) is 11.6 Å². The fourth-order valence-corrected chi connectivity index (χ4v) is 2.85. The lowest BCUT2D eigenvalue weighted by Gasteiger charge is -2.01. The van der Waals surface area contributed by atoms with Crippen molar-refractivity contribution < 1.29 is 8.78 Å². The minimum absolute atomic E-state index is 0.331. The molecule has 0 amide bonds. The van der Waals surface area contributed by atoms with E-state index in [1.807, 2.05) is 13.2 Å².